The van der Waals surface area contributed by atoms with Gasteiger partial charge in [-0.05, 0) is 50.4 Å². The second-order valence-corrected chi connectivity index (χ2v) is 8.58. The molecule has 0 unspecified atom stereocenters. The lowest BCUT2D eigenvalue weighted by Gasteiger charge is -2.31. The summed E-state index contributed by atoms with van der Waals surface area (Å²) in [7, 11) is 2.00. The van der Waals surface area contributed by atoms with Crippen LogP contribution in [0.2, 0.25) is 0 Å². The van der Waals surface area contributed by atoms with Crippen LogP contribution in [0.4, 0.5) is 0 Å². The molecule has 5 heteroatoms. The van der Waals surface area contributed by atoms with Crippen LogP contribution >= 0.6 is 11.8 Å². The van der Waals surface area contributed by atoms with Gasteiger partial charge >= 0.3 is 0 Å². The minimum Gasteiger partial charge on any atom is -0.339 e. The van der Waals surface area contributed by atoms with E-state index in [0.717, 1.165) is 50.2 Å². The van der Waals surface area contributed by atoms with Gasteiger partial charge in [-0.1, -0.05) is 25.5 Å². The van der Waals surface area contributed by atoms with Crippen LogP contribution in [0.15, 0.2) is 23.2 Å². The molecule has 3 heterocycles. The van der Waals surface area contributed by atoms with E-state index >= 15 is 0 Å². The lowest BCUT2D eigenvalue weighted by molar-refractivity contribution is 0.0701. The molecule has 0 aliphatic carbocycles. The second-order valence-electron chi connectivity index (χ2n) is 7.49. The van der Waals surface area contributed by atoms with E-state index in [1.807, 2.05) is 23.7 Å². The van der Waals surface area contributed by atoms with Crippen LogP contribution in [0.3, 0.4) is 0 Å². The van der Waals surface area contributed by atoms with Crippen LogP contribution < -0.4 is 5.32 Å². The first-order valence-corrected chi connectivity index (χ1v) is 11.0. The van der Waals surface area contributed by atoms with Gasteiger partial charge in [0.15, 0.2) is 0 Å². The highest BCUT2D eigenvalue weighted by molar-refractivity contribution is 7.99. The maximum Gasteiger partial charge on any atom is 0.257 e. The second kappa shape index (κ2) is 7.65. The number of aryl methyl sites for hydroxylation is 2. The van der Waals surface area contributed by atoms with E-state index in [1.54, 1.807) is 0 Å². The minimum atomic E-state index is 0.217. The third-order valence-electron chi connectivity index (χ3n) is 5.87. The highest BCUT2D eigenvalue weighted by Crippen LogP contribution is 2.40. The smallest absolute Gasteiger partial charge is 0.257 e. The molecular weight excluding hydrogens is 342 g/mol. The zero-order valence-corrected chi connectivity index (χ0v) is 16.7. The predicted molar refractivity (Wildman–Crippen MR) is 109 cm³/mol. The van der Waals surface area contributed by atoms with Gasteiger partial charge in [-0.15, -0.1) is 11.8 Å². The molecule has 1 N–H and O–H groups in total. The Morgan fingerprint density at radius 3 is 2.92 bits per heavy atom. The Hall–Kier alpha value is -1.46. The number of carbonyl (C=O) groups is 1. The van der Waals surface area contributed by atoms with Crippen molar-refractivity contribution in [2.75, 3.05) is 25.9 Å². The first-order chi connectivity index (χ1) is 12.7. The number of amides is 1. The van der Waals surface area contributed by atoms with Gasteiger partial charge in [0.2, 0.25) is 0 Å². The fraction of sp³-hybridized carbons (Fsp3) is 0.571. The molecule has 1 aromatic heterocycles. The summed E-state index contributed by atoms with van der Waals surface area (Å²) >= 11 is 1.85. The van der Waals surface area contributed by atoms with Crippen molar-refractivity contribution >= 4 is 28.6 Å². The number of nitrogens with one attached hydrogen (secondary N) is 1. The largest absolute Gasteiger partial charge is 0.339 e. The van der Waals surface area contributed by atoms with E-state index in [2.05, 4.69) is 35.0 Å². The SMILES string of the molecule is CCCCc1cccc2c1c(C(=O)N(C)C1CCNCC1)c1n2CCS1. The molecule has 0 spiro atoms. The molecule has 2 aromatic rings. The molecule has 4 nitrogen and oxygen atoms in total. The Morgan fingerprint density at radius 2 is 2.15 bits per heavy atom. The third kappa shape index (κ3) is 3.05. The number of rotatable bonds is 5. The number of nitrogens with zero attached hydrogens (tertiary/aromatic N) is 2. The van der Waals surface area contributed by atoms with Crippen molar-refractivity contribution in [2.45, 2.75) is 56.6 Å². The number of piperidine rings is 1. The summed E-state index contributed by atoms with van der Waals surface area (Å²) in [6.45, 7) is 5.26. The topological polar surface area (TPSA) is 37.3 Å². The maximum atomic E-state index is 13.6. The molecule has 1 saturated heterocycles. The van der Waals surface area contributed by atoms with Gasteiger partial charge in [0.05, 0.1) is 16.1 Å². The molecule has 0 atom stereocenters. The summed E-state index contributed by atoms with van der Waals surface area (Å²) in [5.41, 5.74) is 3.56. The number of benzene rings is 1. The molecule has 0 saturated carbocycles. The summed E-state index contributed by atoms with van der Waals surface area (Å²) in [4.78, 5) is 15.6. The van der Waals surface area contributed by atoms with Crippen LogP contribution in [0.5, 0.6) is 0 Å². The van der Waals surface area contributed by atoms with E-state index in [1.165, 1.54) is 34.3 Å². The molecule has 1 fully saturated rings. The van der Waals surface area contributed by atoms with Gasteiger partial charge in [0.25, 0.3) is 5.91 Å². The van der Waals surface area contributed by atoms with Gasteiger partial charge in [-0.3, -0.25) is 4.79 Å². The average molecular weight is 372 g/mol. The van der Waals surface area contributed by atoms with E-state index < -0.39 is 0 Å². The molecule has 4 rings (SSSR count). The molecular formula is C21H29N3OS. The zero-order chi connectivity index (χ0) is 18.1. The number of unbranched alkanes of at least 4 members (excludes halogenated alkanes) is 1. The number of aromatic nitrogens is 1. The molecule has 26 heavy (non-hydrogen) atoms. The Kier molecular flexibility index (Phi) is 5.28. The van der Waals surface area contributed by atoms with Gasteiger partial charge < -0.3 is 14.8 Å². The molecule has 1 aromatic carbocycles. The van der Waals surface area contributed by atoms with Crippen LogP contribution in [-0.2, 0) is 13.0 Å². The third-order valence-corrected chi connectivity index (χ3v) is 6.96. The normalized spacial score (nSPS) is 17.6. The summed E-state index contributed by atoms with van der Waals surface area (Å²) in [5.74, 6) is 1.29. The molecule has 0 bridgehead atoms. The van der Waals surface area contributed by atoms with Gasteiger partial charge in [-0.25, -0.2) is 0 Å². The van der Waals surface area contributed by atoms with Crippen LogP contribution in [0.25, 0.3) is 10.9 Å². The quantitative estimate of drug-likeness (QED) is 0.866. The number of carbonyl (C=O) groups excluding carboxylic acids is 1. The highest BCUT2D eigenvalue weighted by atomic mass is 32.2. The summed E-state index contributed by atoms with van der Waals surface area (Å²) < 4.78 is 2.37. The lowest BCUT2D eigenvalue weighted by Crippen LogP contribution is -2.44. The number of thioether (sulfide) groups is 1. The molecule has 1 amide bonds. The monoisotopic (exact) mass is 371 g/mol. The van der Waals surface area contributed by atoms with Crippen molar-refractivity contribution in [3.8, 4) is 0 Å². The van der Waals surface area contributed by atoms with Gasteiger partial charge in [0.1, 0.15) is 0 Å². The summed E-state index contributed by atoms with van der Waals surface area (Å²) in [5, 5.41) is 5.81. The Bertz CT molecular complexity index is 807. The maximum absolute atomic E-state index is 13.6. The van der Waals surface area contributed by atoms with Crippen LogP contribution in [0, 0.1) is 0 Å². The fourth-order valence-corrected chi connectivity index (χ4v) is 5.51. The Labute approximate surface area is 160 Å². The Balaban J connectivity index is 1.78. The standard InChI is InChI=1S/C21H29N3OS/c1-3-4-6-15-7-5-8-17-18(15)19(21-24(17)13-14-26-21)20(25)23(2)16-9-11-22-12-10-16/h5,7-8,16,22H,3-4,6,9-14H2,1-2H3. The van der Waals surface area contributed by atoms with E-state index in [4.69, 9.17) is 0 Å². The van der Waals surface area contributed by atoms with E-state index in [0.29, 0.717) is 6.04 Å². The van der Waals surface area contributed by atoms with Crippen molar-refractivity contribution in [3.05, 3.63) is 29.3 Å². The number of hydrogen-bond donors (Lipinski definition) is 1. The Morgan fingerprint density at radius 1 is 1.35 bits per heavy atom. The number of fused-ring (bicyclic) bond motifs is 3. The highest BCUT2D eigenvalue weighted by Gasteiger charge is 2.31. The van der Waals surface area contributed by atoms with E-state index in [-0.39, 0.29) is 5.91 Å². The van der Waals surface area contributed by atoms with Crippen LogP contribution in [0.1, 0.15) is 48.5 Å². The first kappa shape index (κ1) is 17.9. The van der Waals surface area contributed by atoms with Crippen molar-refractivity contribution in [2.24, 2.45) is 0 Å². The molecule has 0 radical (unpaired) electrons. The number of hydrogen-bond acceptors (Lipinski definition) is 3. The summed E-state index contributed by atoms with van der Waals surface area (Å²) in [6, 6.07) is 6.93. The molecule has 140 valence electrons. The summed E-state index contributed by atoms with van der Waals surface area (Å²) in [6.07, 6.45) is 5.50. The van der Waals surface area contributed by atoms with Gasteiger partial charge in [-0.2, -0.15) is 0 Å². The van der Waals surface area contributed by atoms with Crippen LogP contribution in [-0.4, -0.2) is 47.3 Å². The van der Waals surface area contributed by atoms with Gasteiger partial charge in [0, 0.05) is 30.8 Å². The molecule has 2 aliphatic rings. The minimum absolute atomic E-state index is 0.217. The molecule has 2 aliphatic heterocycles. The van der Waals surface area contributed by atoms with Crippen molar-refractivity contribution in [1.29, 1.82) is 0 Å². The van der Waals surface area contributed by atoms with Crippen molar-refractivity contribution < 1.29 is 4.79 Å². The van der Waals surface area contributed by atoms with E-state index in [9.17, 15) is 4.79 Å². The zero-order valence-electron chi connectivity index (χ0n) is 15.9. The first-order valence-electron chi connectivity index (χ1n) is 9.97. The van der Waals surface area contributed by atoms with Crippen molar-refractivity contribution in [3.63, 3.8) is 0 Å². The lowest BCUT2D eigenvalue weighted by atomic mass is 9.99. The fourth-order valence-electron chi connectivity index (χ4n) is 4.37. The van der Waals surface area contributed by atoms with Crippen molar-refractivity contribution in [1.82, 2.24) is 14.8 Å². The predicted octanol–water partition coefficient (Wildman–Crippen LogP) is 3.91. The average Bonchev–Trinajstić information content (AvgIpc) is 3.27.